The molecule has 1 heterocycles. The van der Waals surface area contributed by atoms with Crippen molar-refractivity contribution in [3.05, 3.63) is 64.0 Å². The van der Waals surface area contributed by atoms with Crippen LogP contribution in [0.25, 0.3) is 0 Å². The van der Waals surface area contributed by atoms with Crippen LogP contribution in [-0.2, 0) is 0 Å². The van der Waals surface area contributed by atoms with Crippen LogP contribution in [0.15, 0.2) is 47.4 Å². The Morgan fingerprint density at radius 1 is 1.25 bits per heavy atom. The molecule has 0 saturated heterocycles. The van der Waals surface area contributed by atoms with Crippen LogP contribution in [0.5, 0.6) is 0 Å². The first-order valence-corrected chi connectivity index (χ1v) is 7.06. The van der Waals surface area contributed by atoms with Crippen LogP contribution in [0, 0.1) is 15.9 Å². The fourth-order valence-corrected chi connectivity index (χ4v) is 3.43. The molecule has 0 bridgehead atoms. The summed E-state index contributed by atoms with van der Waals surface area (Å²) in [5.41, 5.74) is 0.772. The molecule has 0 amide bonds. The van der Waals surface area contributed by atoms with E-state index in [9.17, 15) is 14.5 Å². The molecule has 20 heavy (non-hydrogen) atoms. The Kier molecular flexibility index (Phi) is 3.31. The van der Waals surface area contributed by atoms with Gasteiger partial charge < -0.3 is 5.32 Å². The average Bonchev–Trinajstić information content (AvgIpc) is 2.84. The summed E-state index contributed by atoms with van der Waals surface area (Å²) in [5, 5.41) is 14.0. The number of nitro groups is 1. The second-order valence-electron chi connectivity index (χ2n) is 4.44. The van der Waals surface area contributed by atoms with Crippen molar-refractivity contribution >= 4 is 23.1 Å². The number of nitro benzene ring substituents is 1. The van der Waals surface area contributed by atoms with E-state index < -0.39 is 10.7 Å². The number of hydrogen-bond donors (Lipinski definition) is 1. The standard InChI is InChI=1S/C14H11FN2O2S/c15-10-5-3-6-12(17(18)19)14(10)16-11-8-20-13-7-2-1-4-9(11)13/h1-7,11,16H,8H2. The minimum atomic E-state index is -0.603. The van der Waals surface area contributed by atoms with Crippen molar-refractivity contribution in [3.63, 3.8) is 0 Å². The summed E-state index contributed by atoms with van der Waals surface area (Å²) in [6.45, 7) is 0. The number of anilines is 1. The van der Waals surface area contributed by atoms with E-state index in [0.717, 1.165) is 16.2 Å². The van der Waals surface area contributed by atoms with Crippen molar-refractivity contribution in [1.82, 2.24) is 0 Å². The molecule has 1 aliphatic rings. The zero-order valence-electron chi connectivity index (χ0n) is 10.4. The number of para-hydroxylation sites is 1. The molecule has 6 heteroatoms. The third-order valence-corrected chi connectivity index (χ3v) is 4.39. The topological polar surface area (TPSA) is 55.2 Å². The first kappa shape index (κ1) is 12.9. The fourth-order valence-electron chi connectivity index (χ4n) is 2.26. The van der Waals surface area contributed by atoms with E-state index in [1.54, 1.807) is 11.8 Å². The van der Waals surface area contributed by atoms with E-state index in [2.05, 4.69) is 5.32 Å². The van der Waals surface area contributed by atoms with Crippen LogP contribution >= 0.6 is 11.8 Å². The lowest BCUT2D eigenvalue weighted by Crippen LogP contribution is -2.12. The average molecular weight is 290 g/mol. The Balaban J connectivity index is 1.95. The summed E-state index contributed by atoms with van der Waals surface area (Å²) in [6.07, 6.45) is 0. The number of nitrogens with zero attached hydrogens (tertiary/aromatic N) is 1. The Morgan fingerprint density at radius 3 is 2.85 bits per heavy atom. The van der Waals surface area contributed by atoms with Crippen LogP contribution in [0.4, 0.5) is 15.8 Å². The molecular formula is C14H11FN2O2S. The SMILES string of the molecule is O=[N+]([O-])c1cccc(F)c1NC1CSc2ccccc21. The molecule has 0 saturated carbocycles. The molecule has 1 atom stereocenters. The molecule has 0 spiro atoms. The van der Waals surface area contributed by atoms with E-state index in [1.165, 1.54) is 18.2 Å². The summed E-state index contributed by atoms with van der Waals surface area (Å²) in [5.74, 6) is 0.124. The van der Waals surface area contributed by atoms with Gasteiger partial charge in [-0.3, -0.25) is 10.1 Å². The normalized spacial score (nSPS) is 16.8. The van der Waals surface area contributed by atoms with Gasteiger partial charge in [0.05, 0.1) is 11.0 Å². The molecule has 1 N–H and O–H groups in total. The molecule has 102 valence electrons. The highest BCUT2D eigenvalue weighted by molar-refractivity contribution is 7.99. The molecule has 1 unspecified atom stereocenters. The van der Waals surface area contributed by atoms with Gasteiger partial charge in [-0.2, -0.15) is 0 Å². The van der Waals surface area contributed by atoms with Gasteiger partial charge in [0.15, 0.2) is 5.82 Å². The number of benzene rings is 2. The molecule has 1 aliphatic heterocycles. The van der Waals surface area contributed by atoms with Gasteiger partial charge in [0.2, 0.25) is 0 Å². The first-order valence-electron chi connectivity index (χ1n) is 6.08. The highest BCUT2D eigenvalue weighted by Crippen LogP contribution is 2.41. The summed E-state index contributed by atoms with van der Waals surface area (Å²) < 4.78 is 13.9. The number of nitrogens with one attached hydrogen (secondary N) is 1. The van der Waals surface area contributed by atoms with E-state index in [4.69, 9.17) is 0 Å². The lowest BCUT2D eigenvalue weighted by atomic mass is 10.1. The molecule has 4 nitrogen and oxygen atoms in total. The second-order valence-corrected chi connectivity index (χ2v) is 5.50. The Labute approximate surface area is 119 Å². The predicted octanol–water partition coefficient (Wildman–Crippen LogP) is 3.99. The molecule has 2 aromatic carbocycles. The molecule has 2 aromatic rings. The fraction of sp³-hybridized carbons (Fsp3) is 0.143. The smallest absolute Gasteiger partial charge is 0.295 e. The van der Waals surface area contributed by atoms with Crippen molar-refractivity contribution in [2.24, 2.45) is 0 Å². The maximum absolute atomic E-state index is 13.9. The number of rotatable bonds is 3. The van der Waals surface area contributed by atoms with E-state index in [-0.39, 0.29) is 17.4 Å². The molecule has 0 aliphatic carbocycles. The molecule has 0 radical (unpaired) electrons. The Bertz CT molecular complexity index is 678. The summed E-state index contributed by atoms with van der Waals surface area (Å²) in [4.78, 5) is 11.5. The van der Waals surface area contributed by atoms with Gasteiger partial charge in [-0.1, -0.05) is 24.3 Å². The molecular weight excluding hydrogens is 279 g/mol. The van der Waals surface area contributed by atoms with Gasteiger partial charge >= 0.3 is 0 Å². The number of thioether (sulfide) groups is 1. The minimum Gasteiger partial charge on any atom is -0.369 e. The van der Waals surface area contributed by atoms with Crippen LogP contribution < -0.4 is 5.32 Å². The van der Waals surface area contributed by atoms with Gasteiger partial charge in [-0.15, -0.1) is 11.8 Å². The van der Waals surface area contributed by atoms with Gasteiger partial charge in [0.1, 0.15) is 5.69 Å². The van der Waals surface area contributed by atoms with Crippen molar-refractivity contribution in [2.75, 3.05) is 11.1 Å². The third kappa shape index (κ3) is 2.22. The molecule has 0 fully saturated rings. The van der Waals surface area contributed by atoms with E-state index in [1.807, 2.05) is 24.3 Å². The summed E-state index contributed by atoms with van der Waals surface area (Å²) >= 11 is 1.66. The minimum absolute atomic E-state index is 0.0418. The van der Waals surface area contributed by atoms with E-state index >= 15 is 0 Å². The lowest BCUT2D eigenvalue weighted by Gasteiger charge is -2.15. The third-order valence-electron chi connectivity index (χ3n) is 3.21. The molecule has 0 aromatic heterocycles. The highest BCUT2D eigenvalue weighted by Gasteiger charge is 2.26. The zero-order valence-corrected chi connectivity index (χ0v) is 11.2. The monoisotopic (exact) mass is 290 g/mol. The van der Waals surface area contributed by atoms with Crippen LogP contribution in [0.3, 0.4) is 0 Å². The van der Waals surface area contributed by atoms with Gasteiger partial charge in [-0.05, 0) is 17.7 Å². The van der Waals surface area contributed by atoms with Crippen LogP contribution in [0.1, 0.15) is 11.6 Å². The maximum Gasteiger partial charge on any atom is 0.295 e. The quantitative estimate of drug-likeness (QED) is 0.686. The van der Waals surface area contributed by atoms with Crippen LogP contribution in [-0.4, -0.2) is 10.7 Å². The van der Waals surface area contributed by atoms with Crippen molar-refractivity contribution < 1.29 is 9.31 Å². The first-order chi connectivity index (χ1) is 9.66. The summed E-state index contributed by atoms with van der Waals surface area (Å²) in [7, 11) is 0. The lowest BCUT2D eigenvalue weighted by molar-refractivity contribution is -0.384. The predicted molar refractivity (Wildman–Crippen MR) is 76.6 cm³/mol. The van der Waals surface area contributed by atoms with Crippen LogP contribution in [0.2, 0.25) is 0 Å². The van der Waals surface area contributed by atoms with Crippen molar-refractivity contribution in [3.8, 4) is 0 Å². The van der Waals surface area contributed by atoms with Gasteiger partial charge in [-0.25, -0.2) is 4.39 Å². The molecule has 3 rings (SSSR count). The zero-order chi connectivity index (χ0) is 14.1. The number of halogens is 1. The highest BCUT2D eigenvalue weighted by atomic mass is 32.2. The van der Waals surface area contributed by atoms with Crippen molar-refractivity contribution in [2.45, 2.75) is 10.9 Å². The second kappa shape index (κ2) is 5.13. The summed E-state index contributed by atoms with van der Waals surface area (Å²) in [6, 6.07) is 11.6. The van der Waals surface area contributed by atoms with Gasteiger partial charge in [0, 0.05) is 16.7 Å². The van der Waals surface area contributed by atoms with E-state index in [0.29, 0.717) is 0 Å². The van der Waals surface area contributed by atoms with Gasteiger partial charge in [0.25, 0.3) is 5.69 Å². The number of hydrogen-bond acceptors (Lipinski definition) is 4. The number of fused-ring (bicyclic) bond motifs is 1. The van der Waals surface area contributed by atoms with Crippen molar-refractivity contribution in [1.29, 1.82) is 0 Å². The Hall–Kier alpha value is -2.08. The maximum atomic E-state index is 13.9. The Morgan fingerprint density at radius 2 is 2.05 bits per heavy atom. The largest absolute Gasteiger partial charge is 0.369 e.